The van der Waals surface area contributed by atoms with Crippen LogP contribution in [0.1, 0.15) is 45.1 Å². The summed E-state index contributed by atoms with van der Waals surface area (Å²) in [6.07, 6.45) is 1.80. The van der Waals surface area contributed by atoms with Crippen LogP contribution in [0.3, 0.4) is 0 Å². The molecule has 6 heteroatoms. The third-order valence-electron chi connectivity index (χ3n) is 3.47. The van der Waals surface area contributed by atoms with Crippen LogP contribution in [0, 0.1) is 0 Å². The van der Waals surface area contributed by atoms with Crippen LogP contribution in [0.4, 0.5) is 0 Å². The highest BCUT2D eigenvalue weighted by Crippen LogP contribution is 2.41. The Labute approximate surface area is 122 Å². The number of hydrogen-bond acceptors (Lipinski definition) is 5. The smallest absolute Gasteiger partial charge is 0.258 e. The fraction of sp³-hybridized carbons (Fsp3) is 0.500. The largest absolute Gasteiger partial charge is 0.334 e. The highest BCUT2D eigenvalue weighted by atomic mass is 35.5. The Balaban J connectivity index is 2.01. The Morgan fingerprint density at radius 3 is 2.55 bits per heavy atom. The van der Waals surface area contributed by atoms with Gasteiger partial charge >= 0.3 is 0 Å². The van der Waals surface area contributed by atoms with Gasteiger partial charge < -0.3 is 10.3 Å². The highest BCUT2D eigenvalue weighted by Gasteiger charge is 2.44. The van der Waals surface area contributed by atoms with Gasteiger partial charge in [-0.05, 0) is 25.0 Å². The summed E-state index contributed by atoms with van der Waals surface area (Å²) in [7, 11) is 0. The fourth-order valence-electron chi connectivity index (χ4n) is 1.91. The summed E-state index contributed by atoms with van der Waals surface area (Å²) in [5.41, 5.74) is 7.22. The van der Waals surface area contributed by atoms with E-state index in [0.29, 0.717) is 16.9 Å². The van der Waals surface area contributed by atoms with Gasteiger partial charge in [-0.1, -0.05) is 37.5 Å². The molecule has 1 aliphatic rings. The number of rotatable bonds is 2. The average Bonchev–Trinajstić information content (AvgIpc) is 2.92. The summed E-state index contributed by atoms with van der Waals surface area (Å²) < 4.78 is 5.31. The number of nitrogens with zero attached hydrogens (tertiary/aromatic N) is 3. The third-order valence-corrected chi connectivity index (χ3v) is 3.66. The first-order valence-corrected chi connectivity index (χ1v) is 6.97. The molecule has 2 N–H and O–H groups in total. The number of pyridine rings is 1. The average molecular weight is 293 g/mol. The molecule has 2 heterocycles. The van der Waals surface area contributed by atoms with Crippen molar-refractivity contribution in [2.24, 2.45) is 5.73 Å². The lowest BCUT2D eigenvalue weighted by Gasteiger charge is -2.18. The Morgan fingerprint density at radius 1 is 1.25 bits per heavy atom. The SMILES string of the molecule is CC(C)(C)c1cc(-c2nc(C3(N)CC3)no2)cc(Cl)n1. The van der Waals surface area contributed by atoms with E-state index >= 15 is 0 Å². The lowest BCUT2D eigenvalue weighted by molar-refractivity contribution is 0.414. The van der Waals surface area contributed by atoms with Gasteiger partial charge in [-0.3, -0.25) is 0 Å². The standard InChI is InChI=1S/C14H17ClN4O/c1-13(2,3)9-6-8(7-10(15)17-9)11-18-12(19-20-11)14(16)4-5-14/h6-7H,4-5,16H2,1-3H3. The quantitative estimate of drug-likeness (QED) is 0.861. The maximum absolute atomic E-state index is 6.09. The molecule has 1 aliphatic carbocycles. The zero-order chi connectivity index (χ0) is 14.5. The zero-order valence-electron chi connectivity index (χ0n) is 11.8. The summed E-state index contributed by atoms with van der Waals surface area (Å²) in [5, 5.41) is 4.39. The fourth-order valence-corrected chi connectivity index (χ4v) is 2.11. The van der Waals surface area contributed by atoms with Gasteiger partial charge in [0, 0.05) is 16.7 Å². The molecule has 0 spiro atoms. The molecular weight excluding hydrogens is 276 g/mol. The number of aromatic nitrogens is 3. The molecule has 3 rings (SSSR count). The van der Waals surface area contributed by atoms with E-state index in [1.807, 2.05) is 6.07 Å². The lowest BCUT2D eigenvalue weighted by Crippen LogP contribution is -2.20. The maximum atomic E-state index is 6.09. The van der Waals surface area contributed by atoms with E-state index in [2.05, 4.69) is 35.9 Å². The first-order valence-electron chi connectivity index (χ1n) is 6.59. The van der Waals surface area contributed by atoms with E-state index in [9.17, 15) is 0 Å². The molecule has 1 fully saturated rings. The summed E-state index contributed by atoms with van der Waals surface area (Å²) >= 11 is 6.09. The van der Waals surface area contributed by atoms with Crippen LogP contribution in [0.15, 0.2) is 16.7 Å². The van der Waals surface area contributed by atoms with Crippen molar-refractivity contribution < 1.29 is 4.52 Å². The minimum Gasteiger partial charge on any atom is -0.334 e. The van der Waals surface area contributed by atoms with Gasteiger partial charge in [-0.2, -0.15) is 4.98 Å². The second-order valence-corrected chi connectivity index (χ2v) is 6.78. The lowest BCUT2D eigenvalue weighted by atomic mass is 9.91. The molecule has 1 saturated carbocycles. The minimum absolute atomic E-state index is 0.103. The van der Waals surface area contributed by atoms with Gasteiger partial charge in [0.15, 0.2) is 5.82 Å². The molecule has 0 radical (unpaired) electrons. The Morgan fingerprint density at radius 2 is 1.95 bits per heavy atom. The van der Waals surface area contributed by atoms with Gasteiger partial charge in [0.1, 0.15) is 5.15 Å². The molecule has 0 amide bonds. The number of nitrogens with two attached hydrogens (primary N) is 1. The Bertz CT molecular complexity index is 655. The Kier molecular flexibility index (Phi) is 2.88. The molecule has 0 saturated heterocycles. The third kappa shape index (κ3) is 2.43. The monoisotopic (exact) mass is 292 g/mol. The molecule has 2 aromatic heterocycles. The van der Waals surface area contributed by atoms with E-state index in [0.717, 1.165) is 24.1 Å². The van der Waals surface area contributed by atoms with Crippen LogP contribution in [-0.4, -0.2) is 15.1 Å². The van der Waals surface area contributed by atoms with Crippen molar-refractivity contribution in [2.75, 3.05) is 0 Å². The van der Waals surface area contributed by atoms with Gasteiger partial charge in [0.2, 0.25) is 0 Å². The van der Waals surface area contributed by atoms with Crippen molar-refractivity contribution in [3.8, 4) is 11.5 Å². The van der Waals surface area contributed by atoms with Crippen LogP contribution < -0.4 is 5.73 Å². The van der Waals surface area contributed by atoms with Gasteiger partial charge in [0.05, 0.1) is 5.54 Å². The molecule has 0 aliphatic heterocycles. The van der Waals surface area contributed by atoms with Crippen LogP contribution >= 0.6 is 11.6 Å². The van der Waals surface area contributed by atoms with Crippen LogP contribution in [0.2, 0.25) is 5.15 Å². The first-order chi connectivity index (χ1) is 9.28. The second-order valence-electron chi connectivity index (χ2n) is 6.39. The molecule has 20 heavy (non-hydrogen) atoms. The van der Waals surface area contributed by atoms with Crippen LogP contribution in [-0.2, 0) is 11.0 Å². The van der Waals surface area contributed by atoms with E-state index in [-0.39, 0.29) is 5.41 Å². The molecule has 5 nitrogen and oxygen atoms in total. The zero-order valence-corrected chi connectivity index (χ0v) is 12.5. The van der Waals surface area contributed by atoms with Gasteiger partial charge in [0.25, 0.3) is 5.89 Å². The molecule has 106 valence electrons. The van der Waals surface area contributed by atoms with Crippen molar-refractivity contribution in [1.82, 2.24) is 15.1 Å². The minimum atomic E-state index is -0.397. The van der Waals surface area contributed by atoms with Crippen molar-refractivity contribution in [3.63, 3.8) is 0 Å². The van der Waals surface area contributed by atoms with Gasteiger partial charge in [-0.15, -0.1) is 0 Å². The molecule has 0 atom stereocenters. The molecule has 0 aromatic carbocycles. The molecule has 0 bridgehead atoms. The predicted molar refractivity (Wildman–Crippen MR) is 76.3 cm³/mol. The van der Waals surface area contributed by atoms with Crippen molar-refractivity contribution in [1.29, 1.82) is 0 Å². The number of halogens is 1. The predicted octanol–water partition coefficient (Wildman–Crippen LogP) is 3.03. The summed E-state index contributed by atoms with van der Waals surface area (Å²) in [4.78, 5) is 8.74. The topological polar surface area (TPSA) is 77.8 Å². The first kappa shape index (κ1) is 13.5. The summed E-state index contributed by atoms with van der Waals surface area (Å²) in [6, 6.07) is 3.66. The molecule has 2 aromatic rings. The van der Waals surface area contributed by atoms with E-state index < -0.39 is 5.54 Å². The van der Waals surface area contributed by atoms with E-state index in [4.69, 9.17) is 21.9 Å². The summed E-state index contributed by atoms with van der Waals surface area (Å²) in [6.45, 7) is 6.23. The second kappa shape index (κ2) is 4.27. The van der Waals surface area contributed by atoms with Crippen molar-refractivity contribution in [3.05, 3.63) is 28.8 Å². The molecular formula is C14H17ClN4O. The summed E-state index contributed by atoms with van der Waals surface area (Å²) in [5.74, 6) is 1.00. The Hall–Kier alpha value is -1.46. The molecule has 0 unspecified atom stereocenters. The van der Waals surface area contributed by atoms with E-state index in [1.165, 1.54) is 0 Å². The van der Waals surface area contributed by atoms with Gasteiger partial charge in [-0.25, -0.2) is 4.98 Å². The van der Waals surface area contributed by atoms with Crippen molar-refractivity contribution >= 4 is 11.6 Å². The maximum Gasteiger partial charge on any atom is 0.258 e. The number of hydrogen-bond donors (Lipinski definition) is 1. The highest BCUT2D eigenvalue weighted by molar-refractivity contribution is 6.29. The van der Waals surface area contributed by atoms with E-state index in [1.54, 1.807) is 6.07 Å². The van der Waals surface area contributed by atoms with Crippen molar-refractivity contribution in [2.45, 2.75) is 44.6 Å². The normalized spacial score (nSPS) is 17.2. The van der Waals surface area contributed by atoms with Crippen LogP contribution in [0.5, 0.6) is 0 Å². The van der Waals surface area contributed by atoms with Crippen LogP contribution in [0.25, 0.3) is 11.5 Å².